The highest BCUT2D eigenvalue weighted by molar-refractivity contribution is 7.13. The molecule has 8 nitrogen and oxygen atoms in total. The lowest BCUT2D eigenvalue weighted by atomic mass is 10.1. The number of piperazine rings is 1. The number of hydrogen-bond acceptors (Lipinski definition) is 7. The van der Waals surface area contributed by atoms with E-state index in [1.54, 1.807) is 11.3 Å². The molecule has 0 spiro atoms. The van der Waals surface area contributed by atoms with Crippen LogP contribution in [0.25, 0.3) is 10.7 Å². The van der Waals surface area contributed by atoms with Crippen molar-refractivity contribution >= 4 is 23.2 Å². The molecule has 1 N–H and O–H groups in total. The van der Waals surface area contributed by atoms with Crippen molar-refractivity contribution in [3.63, 3.8) is 0 Å². The Morgan fingerprint density at radius 2 is 2.00 bits per heavy atom. The molecular formula is C22H31N5O3S. The molecule has 168 valence electrons. The van der Waals surface area contributed by atoms with E-state index in [1.807, 2.05) is 22.4 Å². The highest BCUT2D eigenvalue weighted by Crippen LogP contribution is 2.27. The van der Waals surface area contributed by atoms with Crippen LogP contribution >= 0.6 is 11.3 Å². The van der Waals surface area contributed by atoms with Gasteiger partial charge in [0.15, 0.2) is 0 Å². The third kappa shape index (κ3) is 6.13. The van der Waals surface area contributed by atoms with Gasteiger partial charge < -0.3 is 14.7 Å². The Bertz CT molecular complexity index is 839. The molecule has 9 heteroatoms. The number of aromatic nitrogens is 2. The van der Waals surface area contributed by atoms with Crippen molar-refractivity contribution in [2.24, 2.45) is 5.92 Å². The van der Waals surface area contributed by atoms with Crippen molar-refractivity contribution in [3.8, 4) is 10.7 Å². The molecule has 2 amide bonds. The van der Waals surface area contributed by atoms with Crippen LogP contribution in [0.2, 0.25) is 0 Å². The van der Waals surface area contributed by atoms with Gasteiger partial charge in [0.1, 0.15) is 0 Å². The van der Waals surface area contributed by atoms with Crippen molar-refractivity contribution in [1.29, 1.82) is 0 Å². The standard InChI is InChI=1S/C22H31N5O3S/c28-19(8-3-9-20-24-21(25-30-20)18-7-4-16-31-18)23-10-11-26-12-14-27(15-13-26)22(29)17-5-1-2-6-17/h4,7,16-17H,1-3,5-6,8-15H2,(H,23,28). The summed E-state index contributed by atoms with van der Waals surface area (Å²) < 4.78 is 5.27. The summed E-state index contributed by atoms with van der Waals surface area (Å²) in [6, 6.07) is 3.91. The molecule has 4 rings (SSSR count). The van der Waals surface area contributed by atoms with Crippen molar-refractivity contribution in [1.82, 2.24) is 25.3 Å². The molecule has 1 aliphatic carbocycles. The molecule has 0 bridgehead atoms. The number of nitrogens with one attached hydrogen (secondary N) is 1. The molecule has 2 aromatic heterocycles. The fourth-order valence-electron chi connectivity index (χ4n) is 4.33. The van der Waals surface area contributed by atoms with Gasteiger partial charge in [0, 0.05) is 58.0 Å². The van der Waals surface area contributed by atoms with Crippen molar-refractivity contribution < 1.29 is 14.1 Å². The molecule has 1 saturated heterocycles. The van der Waals surface area contributed by atoms with Gasteiger partial charge in [-0.05, 0) is 30.7 Å². The normalized spacial score (nSPS) is 17.9. The topological polar surface area (TPSA) is 91.6 Å². The van der Waals surface area contributed by atoms with Crippen LogP contribution in [0.15, 0.2) is 22.0 Å². The minimum atomic E-state index is 0.0491. The number of amides is 2. The third-order valence-corrected chi connectivity index (χ3v) is 7.01. The molecule has 0 aromatic carbocycles. The monoisotopic (exact) mass is 445 g/mol. The van der Waals surface area contributed by atoms with Gasteiger partial charge >= 0.3 is 0 Å². The van der Waals surface area contributed by atoms with E-state index in [0.717, 1.165) is 50.4 Å². The zero-order chi connectivity index (χ0) is 21.5. The van der Waals surface area contributed by atoms with Gasteiger partial charge in [0.25, 0.3) is 0 Å². The van der Waals surface area contributed by atoms with Gasteiger partial charge in [-0.3, -0.25) is 14.5 Å². The Morgan fingerprint density at radius 3 is 2.74 bits per heavy atom. The Kier molecular flexibility index (Phi) is 7.69. The molecule has 0 radical (unpaired) electrons. The van der Waals surface area contributed by atoms with E-state index in [4.69, 9.17) is 4.52 Å². The number of carbonyl (C=O) groups excluding carboxylic acids is 2. The summed E-state index contributed by atoms with van der Waals surface area (Å²) in [6.07, 6.45) is 6.24. The van der Waals surface area contributed by atoms with Crippen LogP contribution < -0.4 is 5.32 Å². The first kappa shape index (κ1) is 22.0. The molecule has 2 aliphatic rings. The summed E-state index contributed by atoms with van der Waals surface area (Å²) in [7, 11) is 0. The number of hydrogen-bond donors (Lipinski definition) is 1. The summed E-state index contributed by atoms with van der Waals surface area (Å²) >= 11 is 1.57. The predicted molar refractivity (Wildman–Crippen MR) is 119 cm³/mol. The van der Waals surface area contributed by atoms with E-state index in [-0.39, 0.29) is 11.8 Å². The number of aryl methyl sites for hydroxylation is 1. The quantitative estimate of drug-likeness (QED) is 0.638. The highest BCUT2D eigenvalue weighted by atomic mass is 32.1. The first-order valence-corrected chi connectivity index (χ1v) is 12.2. The van der Waals surface area contributed by atoms with Crippen molar-refractivity contribution in [3.05, 3.63) is 23.4 Å². The van der Waals surface area contributed by atoms with Gasteiger partial charge in [-0.15, -0.1) is 11.3 Å². The summed E-state index contributed by atoms with van der Waals surface area (Å²) in [5.41, 5.74) is 0. The molecule has 2 fully saturated rings. The van der Waals surface area contributed by atoms with Crippen LogP contribution in [-0.2, 0) is 16.0 Å². The number of rotatable bonds is 9. The molecule has 2 aromatic rings. The van der Waals surface area contributed by atoms with E-state index in [2.05, 4.69) is 20.4 Å². The molecule has 1 saturated carbocycles. The Hall–Kier alpha value is -2.26. The summed E-state index contributed by atoms with van der Waals surface area (Å²) in [6.45, 7) is 4.85. The van der Waals surface area contributed by atoms with Crippen LogP contribution in [-0.4, -0.2) is 71.0 Å². The Labute approximate surface area is 187 Å². The van der Waals surface area contributed by atoms with Gasteiger partial charge in [-0.2, -0.15) is 4.98 Å². The maximum absolute atomic E-state index is 12.5. The Morgan fingerprint density at radius 1 is 1.19 bits per heavy atom. The van der Waals surface area contributed by atoms with Crippen molar-refractivity contribution in [2.45, 2.75) is 44.9 Å². The van der Waals surface area contributed by atoms with Crippen LogP contribution in [0.1, 0.15) is 44.4 Å². The summed E-state index contributed by atoms with van der Waals surface area (Å²) in [4.78, 5) is 34.3. The molecule has 0 atom stereocenters. The first-order chi connectivity index (χ1) is 15.2. The maximum atomic E-state index is 12.5. The first-order valence-electron chi connectivity index (χ1n) is 11.3. The molecule has 0 unspecified atom stereocenters. The van der Waals surface area contributed by atoms with E-state index in [1.165, 1.54) is 12.8 Å². The average molecular weight is 446 g/mol. The number of thiophene rings is 1. The lowest BCUT2D eigenvalue weighted by Gasteiger charge is -2.36. The van der Waals surface area contributed by atoms with E-state index >= 15 is 0 Å². The second kappa shape index (κ2) is 10.9. The molecule has 1 aliphatic heterocycles. The maximum Gasteiger partial charge on any atom is 0.226 e. The number of nitrogens with zero attached hydrogens (tertiary/aromatic N) is 4. The van der Waals surface area contributed by atoms with Crippen LogP contribution in [0.4, 0.5) is 0 Å². The Balaban J connectivity index is 1.07. The highest BCUT2D eigenvalue weighted by Gasteiger charge is 2.29. The zero-order valence-corrected chi connectivity index (χ0v) is 18.7. The van der Waals surface area contributed by atoms with E-state index in [0.29, 0.717) is 43.4 Å². The van der Waals surface area contributed by atoms with Crippen LogP contribution in [0, 0.1) is 5.92 Å². The van der Waals surface area contributed by atoms with E-state index < -0.39 is 0 Å². The largest absolute Gasteiger partial charge is 0.355 e. The lowest BCUT2D eigenvalue weighted by Crippen LogP contribution is -2.51. The summed E-state index contributed by atoms with van der Waals surface area (Å²) in [5, 5.41) is 8.96. The second-order valence-corrected chi connectivity index (χ2v) is 9.29. The zero-order valence-electron chi connectivity index (χ0n) is 17.9. The molecule has 3 heterocycles. The van der Waals surface area contributed by atoms with E-state index in [9.17, 15) is 9.59 Å². The van der Waals surface area contributed by atoms with Gasteiger partial charge in [-0.25, -0.2) is 0 Å². The van der Waals surface area contributed by atoms with Gasteiger partial charge in [0.05, 0.1) is 4.88 Å². The van der Waals surface area contributed by atoms with Crippen LogP contribution in [0.3, 0.4) is 0 Å². The fraction of sp³-hybridized carbons (Fsp3) is 0.636. The van der Waals surface area contributed by atoms with Gasteiger partial charge in [-0.1, -0.05) is 24.1 Å². The van der Waals surface area contributed by atoms with Gasteiger partial charge in [0.2, 0.25) is 23.5 Å². The minimum absolute atomic E-state index is 0.0491. The second-order valence-electron chi connectivity index (χ2n) is 8.34. The molecule has 31 heavy (non-hydrogen) atoms. The lowest BCUT2D eigenvalue weighted by molar-refractivity contribution is -0.137. The van der Waals surface area contributed by atoms with Crippen LogP contribution in [0.5, 0.6) is 0 Å². The molecular weight excluding hydrogens is 414 g/mol. The SMILES string of the molecule is O=C(CCCc1nc(-c2cccs2)no1)NCCN1CCN(C(=O)C2CCCC2)CC1. The predicted octanol–water partition coefficient (Wildman–Crippen LogP) is 2.57. The van der Waals surface area contributed by atoms with Crippen molar-refractivity contribution in [2.75, 3.05) is 39.3 Å². The smallest absolute Gasteiger partial charge is 0.226 e. The summed E-state index contributed by atoms with van der Waals surface area (Å²) in [5.74, 6) is 1.85. The number of carbonyl (C=O) groups is 2. The average Bonchev–Trinajstić information content (AvgIpc) is 3.56. The minimum Gasteiger partial charge on any atom is -0.355 e. The fourth-order valence-corrected chi connectivity index (χ4v) is 4.98. The third-order valence-electron chi connectivity index (χ3n) is 6.14.